The highest BCUT2D eigenvalue weighted by molar-refractivity contribution is 7.99. The summed E-state index contributed by atoms with van der Waals surface area (Å²) in [7, 11) is 3.19. The lowest BCUT2D eigenvalue weighted by Crippen LogP contribution is -2.21. The first-order valence-corrected chi connectivity index (χ1v) is 12.8. The topological polar surface area (TPSA) is 110 Å². The van der Waals surface area contributed by atoms with Crippen LogP contribution in [0, 0.1) is 0 Å². The molecule has 0 fully saturated rings. The summed E-state index contributed by atoms with van der Waals surface area (Å²) in [5.41, 5.74) is 2.44. The highest BCUT2D eigenvalue weighted by atomic mass is 32.2. The van der Waals surface area contributed by atoms with Crippen molar-refractivity contribution in [3.05, 3.63) is 84.3 Å². The van der Waals surface area contributed by atoms with E-state index < -0.39 is 0 Å². The predicted molar refractivity (Wildman–Crippen MR) is 150 cm³/mol. The molecule has 4 rings (SSSR count). The minimum Gasteiger partial charge on any atom is -0.497 e. The Bertz CT molecular complexity index is 1430. The normalized spacial score (nSPS) is 11.1. The summed E-state index contributed by atoms with van der Waals surface area (Å²) in [6.07, 6.45) is 1.61. The Labute approximate surface area is 226 Å². The van der Waals surface area contributed by atoms with Gasteiger partial charge in [0.2, 0.25) is 0 Å². The number of anilines is 2. The van der Waals surface area contributed by atoms with Crippen molar-refractivity contribution in [1.29, 1.82) is 0 Å². The third-order valence-electron chi connectivity index (χ3n) is 5.58. The zero-order valence-electron chi connectivity index (χ0n) is 21.9. The molecule has 2 aromatic carbocycles. The standard InChI is InChI=1S/C28H30N6O3S/c1-28(2,3)24-17-25(34(33-24)19-8-10-20(37-5)11-9-19)32-27(36)31-18-6-12-21(13-7-18)38-22-14-15-30-23(16-22)26(35)29-4/h6-17H,1-5H3,(H,29,35)(H2,31,32,36). The lowest BCUT2D eigenvalue weighted by atomic mass is 9.92. The SMILES string of the molecule is CNC(=O)c1cc(Sc2ccc(NC(=O)Nc3cc(C(C)(C)C)nn3-c3ccc(OC)cc3)cc2)ccn1. The second-order valence-corrected chi connectivity index (χ2v) is 10.6. The molecule has 0 saturated heterocycles. The van der Waals surface area contributed by atoms with Gasteiger partial charge >= 0.3 is 6.03 Å². The van der Waals surface area contributed by atoms with Crippen LogP contribution in [0.1, 0.15) is 37.0 Å². The number of hydrogen-bond acceptors (Lipinski definition) is 6. The molecule has 0 bridgehead atoms. The van der Waals surface area contributed by atoms with Gasteiger partial charge in [0.1, 0.15) is 17.3 Å². The zero-order valence-corrected chi connectivity index (χ0v) is 22.7. The summed E-state index contributed by atoms with van der Waals surface area (Å²) < 4.78 is 6.97. The molecular weight excluding hydrogens is 500 g/mol. The maximum atomic E-state index is 12.9. The first-order valence-electron chi connectivity index (χ1n) is 12.0. The molecule has 9 nitrogen and oxygen atoms in total. The third kappa shape index (κ3) is 6.51. The van der Waals surface area contributed by atoms with Crippen LogP contribution in [0.3, 0.4) is 0 Å². The number of nitrogens with zero attached hydrogens (tertiary/aromatic N) is 3. The molecule has 38 heavy (non-hydrogen) atoms. The molecule has 196 valence electrons. The van der Waals surface area contributed by atoms with Crippen molar-refractivity contribution in [1.82, 2.24) is 20.1 Å². The smallest absolute Gasteiger partial charge is 0.324 e. The van der Waals surface area contributed by atoms with E-state index in [1.807, 2.05) is 60.7 Å². The van der Waals surface area contributed by atoms with Crippen LogP contribution in [0.5, 0.6) is 5.75 Å². The fourth-order valence-corrected chi connectivity index (χ4v) is 4.35. The van der Waals surface area contributed by atoms with E-state index in [0.717, 1.165) is 26.9 Å². The quantitative estimate of drug-likeness (QED) is 0.282. The van der Waals surface area contributed by atoms with Gasteiger partial charge in [-0.2, -0.15) is 5.10 Å². The van der Waals surface area contributed by atoms with Crippen LogP contribution in [0.25, 0.3) is 5.69 Å². The summed E-state index contributed by atoms with van der Waals surface area (Å²) in [5, 5.41) is 13.1. The number of hydrogen-bond donors (Lipinski definition) is 3. The van der Waals surface area contributed by atoms with Crippen LogP contribution in [-0.4, -0.2) is 40.9 Å². The maximum absolute atomic E-state index is 12.9. The number of urea groups is 1. The number of nitrogens with one attached hydrogen (secondary N) is 3. The molecule has 0 aliphatic carbocycles. The molecule has 4 aromatic rings. The second kappa shape index (κ2) is 11.4. The van der Waals surface area contributed by atoms with Gasteiger partial charge in [0.05, 0.1) is 18.5 Å². The number of methoxy groups -OCH3 is 1. The average molecular weight is 531 g/mol. The number of carbonyl (C=O) groups excluding carboxylic acids is 2. The van der Waals surface area contributed by atoms with E-state index in [9.17, 15) is 9.59 Å². The van der Waals surface area contributed by atoms with Gasteiger partial charge < -0.3 is 15.4 Å². The lowest BCUT2D eigenvalue weighted by molar-refractivity contribution is 0.0958. The van der Waals surface area contributed by atoms with Crippen molar-refractivity contribution >= 4 is 35.2 Å². The Morgan fingerprint density at radius 1 is 0.921 bits per heavy atom. The van der Waals surface area contributed by atoms with Crippen molar-refractivity contribution in [2.24, 2.45) is 0 Å². The van der Waals surface area contributed by atoms with Gasteiger partial charge in [0, 0.05) is 40.2 Å². The number of carbonyl (C=O) groups is 2. The fraction of sp³-hybridized carbons (Fsp3) is 0.214. The van der Waals surface area contributed by atoms with Crippen LogP contribution >= 0.6 is 11.8 Å². The van der Waals surface area contributed by atoms with E-state index in [2.05, 4.69) is 41.7 Å². The van der Waals surface area contributed by atoms with Gasteiger partial charge in [-0.15, -0.1) is 0 Å². The molecule has 0 spiro atoms. The van der Waals surface area contributed by atoms with Crippen LogP contribution in [-0.2, 0) is 5.41 Å². The molecule has 2 aromatic heterocycles. The lowest BCUT2D eigenvalue weighted by Gasteiger charge is -2.14. The number of rotatable bonds is 7. The molecule has 10 heteroatoms. The number of aromatic nitrogens is 3. The van der Waals surface area contributed by atoms with Crippen LogP contribution < -0.4 is 20.7 Å². The Hall–Kier alpha value is -4.31. The van der Waals surface area contributed by atoms with E-state index in [1.165, 1.54) is 11.8 Å². The van der Waals surface area contributed by atoms with E-state index in [4.69, 9.17) is 9.84 Å². The van der Waals surface area contributed by atoms with Gasteiger partial charge in [-0.05, 0) is 60.7 Å². The van der Waals surface area contributed by atoms with Gasteiger partial charge in [-0.1, -0.05) is 32.5 Å². The second-order valence-electron chi connectivity index (χ2n) is 9.44. The van der Waals surface area contributed by atoms with Crippen molar-refractivity contribution in [3.63, 3.8) is 0 Å². The van der Waals surface area contributed by atoms with E-state index in [1.54, 1.807) is 31.1 Å². The van der Waals surface area contributed by atoms with Crippen molar-refractivity contribution in [2.45, 2.75) is 36.0 Å². The summed E-state index contributed by atoms with van der Waals surface area (Å²) >= 11 is 1.50. The molecule has 2 heterocycles. The van der Waals surface area contributed by atoms with E-state index in [-0.39, 0.29) is 17.4 Å². The molecule has 3 N–H and O–H groups in total. The average Bonchev–Trinajstić information content (AvgIpc) is 3.34. The molecule has 0 radical (unpaired) electrons. The van der Waals surface area contributed by atoms with Crippen molar-refractivity contribution in [3.8, 4) is 11.4 Å². The molecule has 0 saturated carbocycles. The summed E-state index contributed by atoms with van der Waals surface area (Å²) in [6, 6.07) is 20.0. The Balaban J connectivity index is 1.46. The van der Waals surface area contributed by atoms with Gasteiger partial charge in [0.25, 0.3) is 5.91 Å². The number of pyridine rings is 1. The highest BCUT2D eigenvalue weighted by Gasteiger charge is 2.21. The first kappa shape index (κ1) is 26.7. The monoisotopic (exact) mass is 530 g/mol. The van der Waals surface area contributed by atoms with Crippen LogP contribution in [0.2, 0.25) is 0 Å². The largest absolute Gasteiger partial charge is 0.497 e. The first-order chi connectivity index (χ1) is 18.2. The summed E-state index contributed by atoms with van der Waals surface area (Å²) in [6.45, 7) is 6.22. The predicted octanol–water partition coefficient (Wildman–Crippen LogP) is 5.73. The molecular formula is C28H30N6O3S. The van der Waals surface area contributed by atoms with E-state index in [0.29, 0.717) is 17.2 Å². The Morgan fingerprint density at radius 3 is 2.26 bits per heavy atom. The van der Waals surface area contributed by atoms with Gasteiger partial charge in [0.15, 0.2) is 0 Å². The molecule has 0 unspecified atom stereocenters. The minimum atomic E-state index is -0.384. The Kier molecular flexibility index (Phi) is 8.02. The maximum Gasteiger partial charge on any atom is 0.324 e. The number of ether oxygens (including phenoxy) is 1. The van der Waals surface area contributed by atoms with Crippen molar-refractivity contribution < 1.29 is 14.3 Å². The van der Waals surface area contributed by atoms with E-state index >= 15 is 0 Å². The fourth-order valence-electron chi connectivity index (χ4n) is 3.50. The molecule has 3 amide bonds. The number of benzene rings is 2. The van der Waals surface area contributed by atoms with Crippen LogP contribution in [0.4, 0.5) is 16.3 Å². The minimum absolute atomic E-state index is 0.200. The van der Waals surface area contributed by atoms with Crippen LogP contribution in [0.15, 0.2) is 82.7 Å². The molecule has 0 atom stereocenters. The number of amides is 3. The summed E-state index contributed by atoms with van der Waals surface area (Å²) in [5.74, 6) is 1.05. The van der Waals surface area contributed by atoms with Crippen molar-refractivity contribution in [2.75, 3.05) is 24.8 Å². The van der Waals surface area contributed by atoms with Gasteiger partial charge in [-0.25, -0.2) is 9.48 Å². The molecule has 0 aliphatic rings. The summed E-state index contributed by atoms with van der Waals surface area (Å²) in [4.78, 5) is 30.7. The molecule has 0 aliphatic heterocycles. The van der Waals surface area contributed by atoms with Gasteiger partial charge in [-0.3, -0.25) is 15.1 Å². The Morgan fingerprint density at radius 2 is 1.63 bits per heavy atom. The zero-order chi connectivity index (χ0) is 27.3. The third-order valence-corrected chi connectivity index (χ3v) is 6.57. The highest BCUT2D eigenvalue weighted by Crippen LogP contribution is 2.29.